The van der Waals surface area contributed by atoms with E-state index in [2.05, 4.69) is 6.58 Å². The van der Waals surface area contributed by atoms with Crippen LogP contribution in [0.25, 0.3) is 0 Å². The summed E-state index contributed by atoms with van der Waals surface area (Å²) in [6.45, 7) is 11.4. The highest BCUT2D eigenvalue weighted by molar-refractivity contribution is 5.69. The molecule has 0 aromatic rings. The molecule has 0 aromatic heterocycles. The van der Waals surface area contributed by atoms with E-state index in [0.717, 1.165) is 0 Å². The quantitative estimate of drug-likeness (QED) is 0.651. The zero-order chi connectivity index (χ0) is 11.2. The second kappa shape index (κ2) is 5.47. The van der Waals surface area contributed by atoms with Gasteiger partial charge in [-0.15, -0.1) is 6.58 Å². The average Bonchev–Trinajstić information content (AvgIpc) is 2.01. The van der Waals surface area contributed by atoms with Gasteiger partial charge in [0.1, 0.15) is 5.60 Å². The van der Waals surface area contributed by atoms with Gasteiger partial charge in [0, 0.05) is 12.7 Å². The minimum Gasteiger partial charge on any atom is -0.443 e. The second-order valence-corrected chi connectivity index (χ2v) is 3.90. The lowest BCUT2D eigenvalue weighted by atomic mass is 10.2. The third-order valence-corrected chi connectivity index (χ3v) is 1.28. The van der Waals surface area contributed by atoms with Gasteiger partial charge in [-0.25, -0.2) is 4.79 Å². The van der Waals surface area contributed by atoms with E-state index in [1.165, 1.54) is 4.90 Å². The van der Waals surface area contributed by atoms with Crippen molar-refractivity contribution >= 4 is 6.09 Å². The number of carbonyl (C=O) groups excluding carboxylic acids is 1. The van der Waals surface area contributed by atoms with E-state index in [1.54, 1.807) is 18.4 Å². The van der Waals surface area contributed by atoms with Gasteiger partial charge in [0.2, 0.25) is 0 Å². The molecule has 0 rings (SSSR count). The van der Waals surface area contributed by atoms with Crippen LogP contribution in [0.4, 0.5) is 4.79 Å². The standard InChI is InChI=1S/C11H19NO2/c1-6-8-12(9-7-2)10(13)14-11(3,4)5/h6-7,9H,1,8H2,2-5H3/b9-7+. The summed E-state index contributed by atoms with van der Waals surface area (Å²) in [7, 11) is 0. The number of nitrogens with zero attached hydrogens (tertiary/aromatic N) is 1. The molecule has 1 amide bonds. The Kier molecular flexibility index (Phi) is 4.99. The van der Waals surface area contributed by atoms with Gasteiger partial charge in [-0.2, -0.15) is 0 Å². The molecule has 0 aliphatic carbocycles. The van der Waals surface area contributed by atoms with Gasteiger partial charge in [0.05, 0.1) is 0 Å². The molecule has 0 bridgehead atoms. The van der Waals surface area contributed by atoms with Gasteiger partial charge in [-0.3, -0.25) is 4.90 Å². The van der Waals surface area contributed by atoms with Gasteiger partial charge in [-0.05, 0) is 27.7 Å². The van der Waals surface area contributed by atoms with Crippen LogP contribution in [0.2, 0.25) is 0 Å². The van der Waals surface area contributed by atoms with E-state index in [1.807, 2.05) is 27.7 Å². The molecule has 0 saturated carbocycles. The Hall–Kier alpha value is -1.25. The monoisotopic (exact) mass is 197 g/mol. The van der Waals surface area contributed by atoms with E-state index in [4.69, 9.17) is 4.74 Å². The number of hydrogen-bond donors (Lipinski definition) is 0. The van der Waals surface area contributed by atoms with Crippen molar-refractivity contribution < 1.29 is 9.53 Å². The number of amides is 1. The Bertz CT molecular complexity index is 226. The lowest BCUT2D eigenvalue weighted by molar-refractivity contribution is 0.0351. The summed E-state index contributed by atoms with van der Waals surface area (Å²) in [6.07, 6.45) is 4.77. The van der Waals surface area contributed by atoms with Gasteiger partial charge in [0.25, 0.3) is 0 Å². The molecule has 0 heterocycles. The SMILES string of the molecule is C=CCN(/C=C/C)C(=O)OC(C)(C)C. The van der Waals surface area contributed by atoms with Crippen molar-refractivity contribution in [2.45, 2.75) is 33.3 Å². The van der Waals surface area contributed by atoms with Crippen LogP contribution in [0.15, 0.2) is 24.9 Å². The van der Waals surface area contributed by atoms with Crippen molar-refractivity contribution in [3.05, 3.63) is 24.9 Å². The van der Waals surface area contributed by atoms with Crippen LogP contribution in [-0.2, 0) is 4.74 Å². The minimum absolute atomic E-state index is 0.351. The number of ether oxygens (including phenoxy) is 1. The Labute approximate surface area is 86.0 Å². The summed E-state index contributed by atoms with van der Waals surface area (Å²) in [6, 6.07) is 0. The molecule has 0 fully saturated rings. The highest BCUT2D eigenvalue weighted by Crippen LogP contribution is 2.10. The first kappa shape index (κ1) is 12.8. The van der Waals surface area contributed by atoms with Crippen molar-refractivity contribution in [3.63, 3.8) is 0 Å². The summed E-state index contributed by atoms with van der Waals surface area (Å²) in [5.74, 6) is 0. The first-order valence-corrected chi connectivity index (χ1v) is 4.64. The highest BCUT2D eigenvalue weighted by atomic mass is 16.6. The summed E-state index contributed by atoms with van der Waals surface area (Å²) >= 11 is 0. The van der Waals surface area contributed by atoms with Crippen LogP contribution in [0.1, 0.15) is 27.7 Å². The van der Waals surface area contributed by atoms with Crippen LogP contribution in [0.3, 0.4) is 0 Å². The van der Waals surface area contributed by atoms with Crippen molar-refractivity contribution in [1.29, 1.82) is 0 Å². The fraction of sp³-hybridized carbons (Fsp3) is 0.545. The topological polar surface area (TPSA) is 29.5 Å². The Balaban J connectivity index is 4.36. The molecule has 3 nitrogen and oxygen atoms in total. The molecule has 0 radical (unpaired) electrons. The molecule has 0 spiro atoms. The van der Waals surface area contributed by atoms with Gasteiger partial charge in [-0.1, -0.05) is 12.2 Å². The van der Waals surface area contributed by atoms with Crippen molar-refractivity contribution in [2.75, 3.05) is 6.54 Å². The smallest absolute Gasteiger partial charge is 0.414 e. The average molecular weight is 197 g/mol. The minimum atomic E-state index is -0.460. The molecule has 3 heteroatoms. The van der Waals surface area contributed by atoms with E-state index in [-0.39, 0.29) is 6.09 Å². The number of allylic oxidation sites excluding steroid dienone is 1. The number of carbonyl (C=O) groups is 1. The lowest BCUT2D eigenvalue weighted by Crippen LogP contribution is -2.33. The summed E-state index contributed by atoms with van der Waals surface area (Å²) in [5.41, 5.74) is -0.460. The molecule has 0 unspecified atom stereocenters. The van der Waals surface area contributed by atoms with Crippen LogP contribution in [0, 0.1) is 0 Å². The van der Waals surface area contributed by atoms with Crippen molar-refractivity contribution in [3.8, 4) is 0 Å². The lowest BCUT2D eigenvalue weighted by Gasteiger charge is -2.24. The summed E-state index contributed by atoms with van der Waals surface area (Å²) in [4.78, 5) is 13.0. The summed E-state index contributed by atoms with van der Waals surface area (Å²) < 4.78 is 5.19. The molecule has 80 valence electrons. The zero-order valence-electron chi connectivity index (χ0n) is 9.41. The van der Waals surface area contributed by atoms with Crippen LogP contribution in [0.5, 0.6) is 0 Å². The Morgan fingerprint density at radius 3 is 2.43 bits per heavy atom. The molecule has 0 aromatic carbocycles. The van der Waals surface area contributed by atoms with E-state index >= 15 is 0 Å². The highest BCUT2D eigenvalue weighted by Gasteiger charge is 2.19. The maximum absolute atomic E-state index is 11.5. The first-order chi connectivity index (χ1) is 6.40. The van der Waals surface area contributed by atoms with Gasteiger partial charge < -0.3 is 4.74 Å². The Morgan fingerprint density at radius 2 is 2.07 bits per heavy atom. The summed E-state index contributed by atoms with van der Waals surface area (Å²) in [5, 5.41) is 0. The molecular formula is C11H19NO2. The molecule has 0 aliphatic heterocycles. The van der Waals surface area contributed by atoms with Crippen LogP contribution < -0.4 is 0 Å². The third-order valence-electron chi connectivity index (χ3n) is 1.28. The Morgan fingerprint density at radius 1 is 1.50 bits per heavy atom. The molecule has 0 aliphatic rings. The van der Waals surface area contributed by atoms with Crippen LogP contribution in [-0.4, -0.2) is 23.1 Å². The fourth-order valence-corrected chi connectivity index (χ4v) is 0.836. The number of hydrogen-bond acceptors (Lipinski definition) is 2. The van der Waals surface area contributed by atoms with Crippen molar-refractivity contribution in [2.24, 2.45) is 0 Å². The van der Waals surface area contributed by atoms with Gasteiger partial charge in [0.15, 0.2) is 0 Å². The zero-order valence-corrected chi connectivity index (χ0v) is 9.41. The predicted molar refractivity (Wildman–Crippen MR) is 58.0 cm³/mol. The number of rotatable bonds is 3. The molecule has 0 N–H and O–H groups in total. The third kappa shape index (κ3) is 5.41. The molecular weight excluding hydrogens is 178 g/mol. The largest absolute Gasteiger partial charge is 0.443 e. The maximum Gasteiger partial charge on any atom is 0.414 e. The fourth-order valence-electron chi connectivity index (χ4n) is 0.836. The second-order valence-electron chi connectivity index (χ2n) is 3.90. The molecule has 14 heavy (non-hydrogen) atoms. The van der Waals surface area contributed by atoms with Crippen molar-refractivity contribution in [1.82, 2.24) is 4.90 Å². The predicted octanol–water partition coefficient (Wildman–Crippen LogP) is 2.94. The molecule has 0 saturated heterocycles. The van der Waals surface area contributed by atoms with E-state index in [0.29, 0.717) is 6.54 Å². The van der Waals surface area contributed by atoms with Crippen LogP contribution >= 0.6 is 0 Å². The first-order valence-electron chi connectivity index (χ1n) is 4.64. The van der Waals surface area contributed by atoms with Gasteiger partial charge >= 0.3 is 6.09 Å². The normalized spacial score (nSPS) is 11.4. The van der Waals surface area contributed by atoms with E-state index in [9.17, 15) is 4.79 Å². The maximum atomic E-state index is 11.5. The van der Waals surface area contributed by atoms with E-state index < -0.39 is 5.60 Å². The molecule has 0 atom stereocenters.